The van der Waals surface area contributed by atoms with Crippen molar-refractivity contribution in [2.45, 2.75) is 25.8 Å². The first-order chi connectivity index (χ1) is 12.4. The largest absolute Gasteiger partial charge is 0.497 e. The molecule has 0 saturated heterocycles. The summed E-state index contributed by atoms with van der Waals surface area (Å²) in [5, 5.41) is 12.0. The van der Waals surface area contributed by atoms with Crippen molar-refractivity contribution in [1.29, 1.82) is 0 Å². The van der Waals surface area contributed by atoms with Crippen LogP contribution < -0.4 is 14.8 Å². The first-order valence-corrected chi connectivity index (χ1v) is 8.21. The molecular formula is C20H23NO5. The first-order valence-electron chi connectivity index (χ1n) is 8.21. The van der Waals surface area contributed by atoms with Crippen molar-refractivity contribution in [3.05, 3.63) is 59.2 Å². The summed E-state index contributed by atoms with van der Waals surface area (Å²) in [7, 11) is 3.02. The maximum Gasteiger partial charge on any atom is 0.305 e. The highest BCUT2D eigenvalue weighted by Crippen LogP contribution is 2.31. The second kappa shape index (κ2) is 8.89. The molecule has 1 unspecified atom stereocenters. The smallest absolute Gasteiger partial charge is 0.305 e. The van der Waals surface area contributed by atoms with Gasteiger partial charge in [-0.1, -0.05) is 29.8 Å². The number of aryl methyl sites for hydroxylation is 1. The summed E-state index contributed by atoms with van der Waals surface area (Å²) in [6.45, 7) is 1.97. The standard InChI is InChI=1S/C20H23NO5/c1-13-4-6-14(7-5-13)10-19(22)21-17(12-20(23)24)16-9-8-15(25-2)11-18(16)26-3/h4-9,11,17H,10,12H2,1-3H3,(H,21,22)(H,23,24). The lowest BCUT2D eigenvalue weighted by molar-refractivity contribution is -0.137. The monoisotopic (exact) mass is 357 g/mol. The molecule has 0 bridgehead atoms. The number of methoxy groups -OCH3 is 2. The van der Waals surface area contributed by atoms with Crippen LogP contribution in [0.1, 0.15) is 29.2 Å². The summed E-state index contributed by atoms with van der Waals surface area (Å²) in [4.78, 5) is 23.7. The van der Waals surface area contributed by atoms with E-state index in [1.165, 1.54) is 14.2 Å². The summed E-state index contributed by atoms with van der Waals surface area (Å²) < 4.78 is 10.5. The van der Waals surface area contributed by atoms with E-state index in [0.29, 0.717) is 17.1 Å². The van der Waals surface area contributed by atoms with Gasteiger partial charge in [-0.2, -0.15) is 0 Å². The number of carboxylic acids is 1. The van der Waals surface area contributed by atoms with Crippen LogP contribution in [0.25, 0.3) is 0 Å². The molecule has 1 amide bonds. The second-order valence-electron chi connectivity index (χ2n) is 5.99. The van der Waals surface area contributed by atoms with E-state index in [4.69, 9.17) is 9.47 Å². The zero-order valence-corrected chi connectivity index (χ0v) is 15.1. The minimum atomic E-state index is -1.01. The SMILES string of the molecule is COc1ccc(C(CC(=O)O)NC(=O)Cc2ccc(C)cc2)c(OC)c1. The van der Waals surface area contributed by atoms with Gasteiger partial charge >= 0.3 is 5.97 Å². The number of ether oxygens (including phenoxy) is 2. The molecule has 0 aliphatic rings. The number of benzene rings is 2. The number of rotatable bonds is 8. The minimum absolute atomic E-state index is 0.175. The molecule has 0 fully saturated rings. The topological polar surface area (TPSA) is 84.9 Å². The lowest BCUT2D eigenvalue weighted by Gasteiger charge is -2.20. The fourth-order valence-corrected chi connectivity index (χ4v) is 2.66. The van der Waals surface area contributed by atoms with E-state index in [0.717, 1.165) is 11.1 Å². The van der Waals surface area contributed by atoms with Gasteiger partial charge in [-0.25, -0.2) is 0 Å². The van der Waals surface area contributed by atoms with Crippen LogP contribution in [0, 0.1) is 6.92 Å². The van der Waals surface area contributed by atoms with Gasteiger partial charge in [0.15, 0.2) is 0 Å². The van der Waals surface area contributed by atoms with E-state index in [1.54, 1.807) is 18.2 Å². The molecule has 2 N–H and O–H groups in total. The summed E-state index contributed by atoms with van der Waals surface area (Å²) >= 11 is 0. The van der Waals surface area contributed by atoms with E-state index in [1.807, 2.05) is 31.2 Å². The van der Waals surface area contributed by atoms with Crippen molar-refractivity contribution in [1.82, 2.24) is 5.32 Å². The molecule has 138 valence electrons. The number of hydrogen-bond acceptors (Lipinski definition) is 4. The van der Waals surface area contributed by atoms with Gasteiger partial charge in [0.05, 0.1) is 33.1 Å². The fraction of sp³-hybridized carbons (Fsp3) is 0.300. The molecule has 0 aromatic heterocycles. The Morgan fingerprint density at radius 2 is 1.77 bits per heavy atom. The molecule has 2 aromatic rings. The third-order valence-corrected chi connectivity index (χ3v) is 4.02. The third kappa shape index (κ3) is 5.24. The maximum absolute atomic E-state index is 12.4. The Labute approximate surface area is 152 Å². The Morgan fingerprint density at radius 1 is 1.08 bits per heavy atom. The van der Waals surface area contributed by atoms with Crippen LogP contribution in [0.5, 0.6) is 11.5 Å². The molecule has 0 heterocycles. The van der Waals surface area contributed by atoms with Gasteiger partial charge in [0.1, 0.15) is 11.5 Å². The molecule has 26 heavy (non-hydrogen) atoms. The molecule has 0 spiro atoms. The van der Waals surface area contributed by atoms with Crippen molar-refractivity contribution in [3.63, 3.8) is 0 Å². The third-order valence-electron chi connectivity index (χ3n) is 4.02. The zero-order chi connectivity index (χ0) is 19.1. The van der Waals surface area contributed by atoms with Gasteiger partial charge in [0, 0.05) is 11.6 Å². The minimum Gasteiger partial charge on any atom is -0.497 e. The summed E-state index contributed by atoms with van der Waals surface area (Å²) in [6.07, 6.45) is -0.0722. The maximum atomic E-state index is 12.4. The number of carboxylic acid groups (broad SMARTS) is 1. The molecule has 1 atom stereocenters. The van der Waals surface area contributed by atoms with E-state index in [9.17, 15) is 14.7 Å². The second-order valence-corrected chi connectivity index (χ2v) is 5.99. The van der Waals surface area contributed by atoms with E-state index in [-0.39, 0.29) is 18.7 Å². The van der Waals surface area contributed by atoms with Crippen molar-refractivity contribution < 1.29 is 24.2 Å². The van der Waals surface area contributed by atoms with Crippen molar-refractivity contribution in [2.24, 2.45) is 0 Å². The van der Waals surface area contributed by atoms with E-state index >= 15 is 0 Å². The molecule has 2 aromatic carbocycles. The van der Waals surface area contributed by atoms with Crippen LogP contribution in [-0.2, 0) is 16.0 Å². The number of amides is 1. The molecule has 0 aliphatic carbocycles. The van der Waals surface area contributed by atoms with Gasteiger partial charge in [0.25, 0.3) is 0 Å². The predicted molar refractivity (Wildman–Crippen MR) is 97.6 cm³/mol. The summed E-state index contributed by atoms with van der Waals surface area (Å²) in [5.74, 6) is -0.210. The van der Waals surface area contributed by atoms with Gasteiger partial charge in [-0.15, -0.1) is 0 Å². The highest BCUT2D eigenvalue weighted by Gasteiger charge is 2.22. The Balaban J connectivity index is 2.20. The lowest BCUT2D eigenvalue weighted by Crippen LogP contribution is -2.31. The highest BCUT2D eigenvalue weighted by molar-refractivity contribution is 5.80. The normalized spacial score (nSPS) is 11.5. The van der Waals surface area contributed by atoms with Gasteiger partial charge in [-0.05, 0) is 24.6 Å². The predicted octanol–water partition coefficient (Wildman–Crippen LogP) is 2.89. The molecule has 0 aliphatic heterocycles. The molecule has 2 rings (SSSR count). The van der Waals surface area contributed by atoms with Crippen molar-refractivity contribution in [3.8, 4) is 11.5 Å². The van der Waals surface area contributed by atoms with Crippen molar-refractivity contribution in [2.75, 3.05) is 14.2 Å². The average Bonchev–Trinajstić information content (AvgIpc) is 2.62. The summed E-state index contributed by atoms with van der Waals surface area (Å²) in [6, 6.07) is 12.0. The number of aliphatic carboxylic acids is 1. The number of carbonyl (C=O) groups is 2. The fourth-order valence-electron chi connectivity index (χ4n) is 2.66. The van der Waals surface area contributed by atoms with Gasteiger partial charge in [0.2, 0.25) is 5.91 Å². The number of nitrogens with one attached hydrogen (secondary N) is 1. The Bertz CT molecular complexity index is 770. The van der Waals surface area contributed by atoms with E-state index < -0.39 is 12.0 Å². The Hall–Kier alpha value is -3.02. The number of carbonyl (C=O) groups excluding carboxylic acids is 1. The van der Waals surface area contributed by atoms with Crippen LogP contribution in [0.3, 0.4) is 0 Å². The Kier molecular flexibility index (Phi) is 6.60. The number of hydrogen-bond donors (Lipinski definition) is 2. The van der Waals surface area contributed by atoms with Gasteiger partial charge in [-0.3, -0.25) is 9.59 Å². The van der Waals surface area contributed by atoms with Crippen LogP contribution in [0.4, 0.5) is 0 Å². The average molecular weight is 357 g/mol. The molecule has 0 saturated carbocycles. The Morgan fingerprint density at radius 3 is 2.35 bits per heavy atom. The first kappa shape index (κ1) is 19.3. The summed E-state index contributed by atoms with van der Waals surface area (Å²) in [5.41, 5.74) is 2.57. The molecular weight excluding hydrogens is 334 g/mol. The van der Waals surface area contributed by atoms with Crippen LogP contribution in [0.2, 0.25) is 0 Å². The zero-order valence-electron chi connectivity index (χ0n) is 15.1. The molecule has 6 nitrogen and oxygen atoms in total. The van der Waals surface area contributed by atoms with Crippen LogP contribution >= 0.6 is 0 Å². The van der Waals surface area contributed by atoms with Crippen molar-refractivity contribution >= 4 is 11.9 Å². The molecule has 0 radical (unpaired) electrons. The quantitative estimate of drug-likeness (QED) is 0.759. The molecule has 6 heteroatoms. The lowest BCUT2D eigenvalue weighted by atomic mass is 10.0. The van der Waals surface area contributed by atoms with Gasteiger partial charge < -0.3 is 19.9 Å². The van der Waals surface area contributed by atoms with E-state index in [2.05, 4.69) is 5.32 Å². The highest BCUT2D eigenvalue weighted by atomic mass is 16.5. The van der Waals surface area contributed by atoms with Crippen LogP contribution in [0.15, 0.2) is 42.5 Å². The van der Waals surface area contributed by atoms with Crippen LogP contribution in [-0.4, -0.2) is 31.2 Å².